The lowest BCUT2D eigenvalue weighted by molar-refractivity contribution is 0.444. The Bertz CT molecular complexity index is 612. The van der Waals surface area contributed by atoms with Gasteiger partial charge in [0.15, 0.2) is 0 Å². The Hall–Kier alpha value is -1.69. The molecule has 1 fully saturated rings. The third kappa shape index (κ3) is 3.94. The SMILES string of the molecule is Cc1cnc(CCNc2cc(N3CCCC(C)C3)ncn2)s1. The van der Waals surface area contributed by atoms with Crippen LogP contribution in [0.15, 0.2) is 18.6 Å². The van der Waals surface area contributed by atoms with Crippen LogP contribution in [0.25, 0.3) is 0 Å². The van der Waals surface area contributed by atoms with Gasteiger partial charge in [0.25, 0.3) is 0 Å². The van der Waals surface area contributed by atoms with Gasteiger partial charge in [-0.1, -0.05) is 6.92 Å². The number of hydrogen-bond donors (Lipinski definition) is 1. The Morgan fingerprint density at radius 2 is 2.27 bits per heavy atom. The molecule has 0 radical (unpaired) electrons. The van der Waals surface area contributed by atoms with Gasteiger partial charge < -0.3 is 10.2 Å². The number of anilines is 2. The summed E-state index contributed by atoms with van der Waals surface area (Å²) in [5, 5.41) is 4.55. The Morgan fingerprint density at radius 1 is 1.36 bits per heavy atom. The minimum absolute atomic E-state index is 0.744. The molecule has 1 N–H and O–H groups in total. The fourth-order valence-corrected chi connectivity index (χ4v) is 3.62. The van der Waals surface area contributed by atoms with Crippen molar-refractivity contribution in [2.75, 3.05) is 29.9 Å². The quantitative estimate of drug-likeness (QED) is 0.918. The normalized spacial score (nSPS) is 18.5. The van der Waals surface area contributed by atoms with Gasteiger partial charge in [-0.15, -0.1) is 11.3 Å². The Balaban J connectivity index is 1.56. The van der Waals surface area contributed by atoms with Gasteiger partial charge in [0.2, 0.25) is 0 Å². The molecule has 0 bridgehead atoms. The third-order valence-corrected chi connectivity index (χ3v) is 4.92. The van der Waals surface area contributed by atoms with Gasteiger partial charge >= 0.3 is 0 Å². The summed E-state index contributed by atoms with van der Waals surface area (Å²) in [6, 6.07) is 2.06. The monoisotopic (exact) mass is 317 g/mol. The van der Waals surface area contributed by atoms with Crippen LogP contribution in [0.2, 0.25) is 0 Å². The molecule has 3 heterocycles. The van der Waals surface area contributed by atoms with Gasteiger partial charge in [-0.05, 0) is 25.7 Å². The van der Waals surface area contributed by atoms with E-state index in [1.54, 1.807) is 17.7 Å². The molecule has 1 atom stereocenters. The maximum Gasteiger partial charge on any atom is 0.134 e. The van der Waals surface area contributed by atoms with Crippen molar-refractivity contribution < 1.29 is 0 Å². The van der Waals surface area contributed by atoms with Crippen LogP contribution in [0.4, 0.5) is 11.6 Å². The summed E-state index contributed by atoms with van der Waals surface area (Å²) < 4.78 is 0. The molecule has 1 saturated heterocycles. The summed E-state index contributed by atoms with van der Waals surface area (Å²) in [4.78, 5) is 16.8. The van der Waals surface area contributed by atoms with Crippen molar-refractivity contribution in [2.45, 2.75) is 33.1 Å². The van der Waals surface area contributed by atoms with E-state index in [2.05, 4.69) is 45.1 Å². The molecule has 5 nitrogen and oxygen atoms in total. The molecule has 2 aromatic heterocycles. The van der Waals surface area contributed by atoms with Crippen LogP contribution >= 0.6 is 11.3 Å². The summed E-state index contributed by atoms with van der Waals surface area (Å²) in [6.45, 7) is 7.43. The van der Waals surface area contributed by atoms with Crippen molar-refractivity contribution in [1.82, 2.24) is 15.0 Å². The van der Waals surface area contributed by atoms with Crippen molar-refractivity contribution in [3.8, 4) is 0 Å². The molecule has 0 amide bonds. The zero-order valence-corrected chi connectivity index (χ0v) is 14.1. The highest BCUT2D eigenvalue weighted by Crippen LogP contribution is 2.22. The molecule has 3 rings (SSSR count). The predicted molar refractivity (Wildman–Crippen MR) is 91.7 cm³/mol. The minimum atomic E-state index is 0.744. The van der Waals surface area contributed by atoms with Gasteiger partial charge in [-0.2, -0.15) is 0 Å². The first-order valence-corrected chi connectivity index (χ1v) is 8.74. The number of hydrogen-bond acceptors (Lipinski definition) is 6. The van der Waals surface area contributed by atoms with Gasteiger partial charge in [-0.25, -0.2) is 15.0 Å². The van der Waals surface area contributed by atoms with Gasteiger partial charge in [0.05, 0.1) is 5.01 Å². The smallest absolute Gasteiger partial charge is 0.134 e. The zero-order valence-electron chi connectivity index (χ0n) is 13.2. The van der Waals surface area contributed by atoms with Crippen molar-refractivity contribution >= 4 is 23.0 Å². The number of nitrogens with zero attached hydrogens (tertiary/aromatic N) is 4. The lowest BCUT2D eigenvalue weighted by atomic mass is 10.0. The van der Waals surface area contributed by atoms with E-state index >= 15 is 0 Å². The number of aromatic nitrogens is 3. The van der Waals surface area contributed by atoms with Crippen LogP contribution in [-0.4, -0.2) is 34.6 Å². The van der Waals surface area contributed by atoms with E-state index in [4.69, 9.17) is 0 Å². The van der Waals surface area contributed by atoms with Crippen LogP contribution in [-0.2, 0) is 6.42 Å². The minimum Gasteiger partial charge on any atom is -0.369 e. The number of piperidine rings is 1. The zero-order chi connectivity index (χ0) is 15.4. The van der Waals surface area contributed by atoms with Gasteiger partial charge in [0, 0.05) is 43.2 Å². The number of thiazole rings is 1. The topological polar surface area (TPSA) is 53.9 Å². The molecule has 0 aromatic carbocycles. The van der Waals surface area contributed by atoms with Crippen molar-refractivity contribution in [3.63, 3.8) is 0 Å². The lowest BCUT2D eigenvalue weighted by Crippen LogP contribution is -2.34. The largest absolute Gasteiger partial charge is 0.369 e. The van der Waals surface area contributed by atoms with Crippen LogP contribution < -0.4 is 10.2 Å². The highest BCUT2D eigenvalue weighted by Gasteiger charge is 2.17. The van der Waals surface area contributed by atoms with E-state index in [9.17, 15) is 0 Å². The van der Waals surface area contributed by atoms with Crippen molar-refractivity contribution in [2.24, 2.45) is 5.92 Å². The van der Waals surface area contributed by atoms with Crippen molar-refractivity contribution in [1.29, 1.82) is 0 Å². The molecule has 1 aliphatic rings. The maximum absolute atomic E-state index is 4.43. The standard InChI is InChI=1S/C16H23N5S/c1-12-4-3-7-21(10-12)15-8-14(19-11-20-15)17-6-5-16-18-9-13(2)22-16/h8-9,11-12H,3-7,10H2,1-2H3,(H,17,19,20). The molecule has 1 aliphatic heterocycles. The first-order chi connectivity index (χ1) is 10.7. The van der Waals surface area contributed by atoms with Crippen LogP contribution in [0.3, 0.4) is 0 Å². The number of rotatable bonds is 5. The average Bonchev–Trinajstić information content (AvgIpc) is 2.93. The molecule has 1 unspecified atom stereocenters. The summed E-state index contributed by atoms with van der Waals surface area (Å²) in [6.07, 6.45) is 7.08. The summed E-state index contributed by atoms with van der Waals surface area (Å²) >= 11 is 1.76. The molecule has 0 spiro atoms. The fraction of sp³-hybridized carbons (Fsp3) is 0.562. The van der Waals surface area contributed by atoms with E-state index in [0.29, 0.717) is 0 Å². The second kappa shape index (κ2) is 7.05. The van der Waals surface area contributed by atoms with E-state index in [1.807, 2.05) is 6.20 Å². The Labute approximate surface area is 135 Å². The summed E-state index contributed by atoms with van der Waals surface area (Å²) in [7, 11) is 0. The lowest BCUT2D eigenvalue weighted by Gasteiger charge is -2.31. The molecule has 0 saturated carbocycles. The first-order valence-electron chi connectivity index (χ1n) is 7.93. The first kappa shape index (κ1) is 15.2. The van der Waals surface area contributed by atoms with Crippen LogP contribution in [0.1, 0.15) is 29.7 Å². The average molecular weight is 317 g/mol. The van der Waals surface area contributed by atoms with E-state index < -0.39 is 0 Å². The Kier molecular flexibility index (Phi) is 4.87. The van der Waals surface area contributed by atoms with Crippen molar-refractivity contribution in [3.05, 3.63) is 28.5 Å². The molecule has 118 valence electrons. The van der Waals surface area contributed by atoms with E-state index in [0.717, 1.165) is 43.6 Å². The van der Waals surface area contributed by atoms with Gasteiger partial charge in [0.1, 0.15) is 18.0 Å². The van der Waals surface area contributed by atoms with Crippen LogP contribution in [0.5, 0.6) is 0 Å². The molecule has 22 heavy (non-hydrogen) atoms. The maximum atomic E-state index is 4.43. The van der Waals surface area contributed by atoms with E-state index in [1.165, 1.54) is 22.7 Å². The van der Waals surface area contributed by atoms with Crippen LogP contribution in [0, 0.1) is 12.8 Å². The Morgan fingerprint density at radius 3 is 3.05 bits per heavy atom. The predicted octanol–water partition coefficient (Wildman–Crippen LogP) is 3.13. The molecular weight excluding hydrogens is 294 g/mol. The second-order valence-corrected chi connectivity index (χ2v) is 7.32. The van der Waals surface area contributed by atoms with Gasteiger partial charge in [-0.3, -0.25) is 0 Å². The summed E-state index contributed by atoms with van der Waals surface area (Å²) in [5.41, 5.74) is 0. The summed E-state index contributed by atoms with van der Waals surface area (Å²) in [5.74, 6) is 2.68. The fourth-order valence-electron chi connectivity index (χ4n) is 2.83. The molecule has 6 heteroatoms. The highest BCUT2D eigenvalue weighted by molar-refractivity contribution is 7.11. The number of nitrogens with one attached hydrogen (secondary N) is 1. The molecular formula is C16H23N5S. The molecule has 2 aromatic rings. The number of aryl methyl sites for hydroxylation is 1. The third-order valence-electron chi connectivity index (χ3n) is 3.95. The molecule has 0 aliphatic carbocycles. The van der Waals surface area contributed by atoms with E-state index in [-0.39, 0.29) is 0 Å². The highest BCUT2D eigenvalue weighted by atomic mass is 32.1. The second-order valence-electron chi connectivity index (χ2n) is 6.00.